The van der Waals surface area contributed by atoms with Gasteiger partial charge in [-0.3, -0.25) is 19.1 Å². The molecule has 2 N–H and O–H groups in total. The second kappa shape index (κ2) is 11.6. The Balaban J connectivity index is 1.67. The molecule has 9 nitrogen and oxygen atoms in total. The summed E-state index contributed by atoms with van der Waals surface area (Å²) in [5, 5.41) is 5.35. The molecule has 0 aliphatic heterocycles. The van der Waals surface area contributed by atoms with E-state index >= 15 is 0 Å². The maximum absolute atomic E-state index is 13.0. The zero-order valence-electron chi connectivity index (χ0n) is 20.0. The molecule has 2 amide bonds. The molecule has 0 atom stereocenters. The smallest absolute Gasteiger partial charge is 0.339 e. The third-order valence-corrected chi connectivity index (χ3v) is 6.14. The molecule has 0 aliphatic carbocycles. The third kappa shape index (κ3) is 6.42. The normalized spacial score (nSPS) is 10.8. The fourth-order valence-corrected chi connectivity index (χ4v) is 4.21. The highest BCUT2D eigenvalue weighted by atomic mass is 32.2. The minimum Gasteiger partial charge on any atom is -0.452 e. The first-order valence-corrected chi connectivity index (χ1v) is 12.0. The zero-order chi connectivity index (χ0) is 25.5. The van der Waals surface area contributed by atoms with Crippen LogP contribution in [0.5, 0.6) is 0 Å². The number of thioether (sulfide) groups is 1. The minimum absolute atomic E-state index is 0.0305. The van der Waals surface area contributed by atoms with Crippen molar-refractivity contribution in [2.75, 3.05) is 17.7 Å². The molecule has 0 fully saturated rings. The number of hydrogen-bond donors (Lipinski definition) is 2. The number of carbonyl (C=O) groups is 3. The Kier molecular flexibility index (Phi) is 8.53. The molecule has 3 rings (SSSR count). The summed E-state index contributed by atoms with van der Waals surface area (Å²) < 4.78 is 8.28. The SMILES string of the molecule is Cc1c(NC(=O)CSc2ccccc2C(=O)OCC(=O)NC(C)C)c(=O)n(-c2ccccc2)n1C. The molecule has 35 heavy (non-hydrogen) atoms. The molecular weight excluding hydrogens is 468 g/mol. The molecule has 184 valence electrons. The Bertz CT molecular complexity index is 1280. The van der Waals surface area contributed by atoms with Gasteiger partial charge in [0.25, 0.3) is 11.5 Å². The van der Waals surface area contributed by atoms with Gasteiger partial charge in [-0.25, -0.2) is 9.48 Å². The fraction of sp³-hybridized carbons (Fsp3) is 0.280. The number of nitrogens with zero attached hydrogens (tertiary/aromatic N) is 2. The molecule has 10 heteroatoms. The average molecular weight is 497 g/mol. The summed E-state index contributed by atoms with van der Waals surface area (Å²) >= 11 is 1.14. The monoisotopic (exact) mass is 496 g/mol. The van der Waals surface area contributed by atoms with Gasteiger partial charge in [0.05, 0.1) is 22.7 Å². The van der Waals surface area contributed by atoms with E-state index in [2.05, 4.69) is 10.6 Å². The molecule has 2 aromatic carbocycles. The van der Waals surface area contributed by atoms with E-state index in [0.717, 1.165) is 11.8 Å². The van der Waals surface area contributed by atoms with Crippen molar-refractivity contribution in [3.63, 3.8) is 0 Å². The number of benzene rings is 2. The van der Waals surface area contributed by atoms with E-state index in [0.29, 0.717) is 16.3 Å². The predicted octanol–water partition coefficient (Wildman–Crippen LogP) is 2.90. The van der Waals surface area contributed by atoms with Crippen molar-refractivity contribution in [1.82, 2.24) is 14.7 Å². The summed E-state index contributed by atoms with van der Waals surface area (Å²) in [6.07, 6.45) is 0. The van der Waals surface area contributed by atoms with Gasteiger partial charge in [0.1, 0.15) is 5.69 Å². The second-order valence-corrected chi connectivity index (χ2v) is 9.09. The van der Waals surface area contributed by atoms with Gasteiger partial charge in [0.2, 0.25) is 5.91 Å². The largest absolute Gasteiger partial charge is 0.452 e. The lowest BCUT2D eigenvalue weighted by Gasteiger charge is -2.11. The first-order valence-electron chi connectivity index (χ1n) is 11.0. The van der Waals surface area contributed by atoms with Gasteiger partial charge in [-0.05, 0) is 45.0 Å². The molecule has 0 radical (unpaired) electrons. The molecule has 0 saturated carbocycles. The van der Waals surface area contributed by atoms with Gasteiger partial charge >= 0.3 is 5.97 Å². The van der Waals surface area contributed by atoms with Crippen LogP contribution in [0.3, 0.4) is 0 Å². The lowest BCUT2D eigenvalue weighted by molar-refractivity contribution is -0.124. The topological polar surface area (TPSA) is 111 Å². The third-order valence-electron chi connectivity index (χ3n) is 5.07. The van der Waals surface area contributed by atoms with Gasteiger partial charge < -0.3 is 15.4 Å². The van der Waals surface area contributed by atoms with Gasteiger partial charge in [-0.1, -0.05) is 30.3 Å². The minimum atomic E-state index is -0.655. The van der Waals surface area contributed by atoms with Crippen molar-refractivity contribution in [2.24, 2.45) is 7.05 Å². The Labute approximate surface area is 207 Å². The maximum Gasteiger partial charge on any atom is 0.339 e. The highest BCUT2D eigenvalue weighted by Gasteiger charge is 2.19. The van der Waals surface area contributed by atoms with Crippen LogP contribution in [-0.2, 0) is 21.4 Å². The fourth-order valence-electron chi connectivity index (χ4n) is 3.36. The van der Waals surface area contributed by atoms with E-state index in [1.807, 2.05) is 44.2 Å². The van der Waals surface area contributed by atoms with Gasteiger partial charge in [0.15, 0.2) is 6.61 Å². The summed E-state index contributed by atoms with van der Waals surface area (Å²) in [6, 6.07) is 15.8. The summed E-state index contributed by atoms with van der Waals surface area (Å²) in [4.78, 5) is 50.5. The molecule has 0 spiro atoms. The van der Waals surface area contributed by atoms with E-state index in [4.69, 9.17) is 4.74 Å². The van der Waals surface area contributed by atoms with E-state index in [-0.39, 0.29) is 34.5 Å². The van der Waals surface area contributed by atoms with Crippen molar-refractivity contribution < 1.29 is 19.1 Å². The first kappa shape index (κ1) is 25.8. The number of hydrogen-bond acceptors (Lipinski definition) is 6. The van der Waals surface area contributed by atoms with E-state index < -0.39 is 18.5 Å². The molecule has 0 aliphatic rings. The van der Waals surface area contributed by atoms with Crippen LogP contribution in [0.1, 0.15) is 29.9 Å². The van der Waals surface area contributed by atoms with Crippen LogP contribution in [0.2, 0.25) is 0 Å². The van der Waals surface area contributed by atoms with Crippen LogP contribution in [0.15, 0.2) is 64.3 Å². The molecule has 0 bridgehead atoms. The second-order valence-electron chi connectivity index (χ2n) is 8.07. The Morgan fingerprint density at radius 3 is 2.34 bits per heavy atom. The number of anilines is 1. The predicted molar refractivity (Wildman–Crippen MR) is 135 cm³/mol. The molecule has 3 aromatic rings. The molecule has 0 unspecified atom stereocenters. The summed E-state index contributed by atoms with van der Waals surface area (Å²) in [5.74, 6) is -1.47. The van der Waals surface area contributed by atoms with Gasteiger partial charge in [-0.15, -0.1) is 11.8 Å². The van der Waals surface area contributed by atoms with Gasteiger partial charge in [-0.2, -0.15) is 0 Å². The Morgan fingerprint density at radius 2 is 1.66 bits per heavy atom. The lowest BCUT2D eigenvalue weighted by Crippen LogP contribution is -2.34. The van der Waals surface area contributed by atoms with Crippen molar-refractivity contribution >= 4 is 35.2 Å². The molecule has 1 heterocycles. The standard InChI is InChI=1S/C25H28N4O5S/c1-16(2)26-21(30)14-34-25(33)19-12-8-9-13-20(19)35-15-22(31)27-23-17(3)28(4)29(24(23)32)18-10-6-5-7-11-18/h5-13,16H,14-15H2,1-4H3,(H,26,30)(H,27,31). The number of carbonyl (C=O) groups excluding carboxylic acids is 3. The average Bonchev–Trinajstić information content (AvgIpc) is 3.04. The van der Waals surface area contributed by atoms with E-state index in [1.165, 1.54) is 4.68 Å². The Hall–Kier alpha value is -3.79. The van der Waals surface area contributed by atoms with E-state index in [9.17, 15) is 19.2 Å². The number of amides is 2. The summed E-state index contributed by atoms with van der Waals surface area (Å²) in [5.41, 5.74) is 1.42. The number of esters is 1. The van der Waals surface area contributed by atoms with Crippen molar-refractivity contribution in [3.8, 4) is 5.69 Å². The zero-order valence-corrected chi connectivity index (χ0v) is 20.8. The molecule has 1 aromatic heterocycles. The summed E-state index contributed by atoms with van der Waals surface area (Å²) in [6.45, 7) is 4.98. The maximum atomic E-state index is 13.0. The first-order chi connectivity index (χ1) is 16.7. The number of para-hydroxylation sites is 1. The number of rotatable bonds is 9. The van der Waals surface area contributed by atoms with Gasteiger partial charge in [0, 0.05) is 18.0 Å². The lowest BCUT2D eigenvalue weighted by atomic mass is 10.2. The van der Waals surface area contributed by atoms with Crippen LogP contribution in [0.25, 0.3) is 5.69 Å². The molecule has 0 saturated heterocycles. The quantitative estimate of drug-likeness (QED) is 0.348. The van der Waals surface area contributed by atoms with Crippen molar-refractivity contribution in [1.29, 1.82) is 0 Å². The Morgan fingerprint density at radius 1 is 1.00 bits per heavy atom. The van der Waals surface area contributed by atoms with E-state index in [1.54, 1.807) is 42.9 Å². The number of nitrogens with one attached hydrogen (secondary N) is 2. The van der Waals surface area contributed by atoms with Crippen LogP contribution in [0, 0.1) is 6.92 Å². The number of aromatic nitrogens is 2. The summed E-state index contributed by atoms with van der Waals surface area (Å²) in [7, 11) is 1.75. The van der Waals surface area contributed by atoms with Crippen molar-refractivity contribution in [2.45, 2.75) is 31.7 Å². The highest BCUT2D eigenvalue weighted by Crippen LogP contribution is 2.24. The molecular formula is C25H28N4O5S. The van der Waals surface area contributed by atoms with Crippen LogP contribution in [0.4, 0.5) is 5.69 Å². The van der Waals surface area contributed by atoms with Crippen LogP contribution in [-0.4, -0.2) is 45.5 Å². The van der Waals surface area contributed by atoms with Crippen molar-refractivity contribution in [3.05, 3.63) is 76.2 Å². The number of ether oxygens (including phenoxy) is 1. The van der Waals surface area contributed by atoms with Crippen LogP contribution >= 0.6 is 11.8 Å². The highest BCUT2D eigenvalue weighted by molar-refractivity contribution is 8.00. The van der Waals surface area contributed by atoms with Crippen LogP contribution < -0.4 is 16.2 Å².